The Balaban J connectivity index is 1.90. The molecule has 0 fully saturated rings. The highest BCUT2D eigenvalue weighted by Crippen LogP contribution is 2.30. The van der Waals surface area contributed by atoms with Crippen LogP contribution in [0, 0.1) is 0 Å². The van der Waals surface area contributed by atoms with Crippen molar-refractivity contribution in [1.82, 2.24) is 4.98 Å². The number of benzene rings is 2. The van der Waals surface area contributed by atoms with E-state index in [1.165, 1.54) is 11.1 Å². The minimum absolute atomic E-state index is 0.0371. The van der Waals surface area contributed by atoms with Crippen molar-refractivity contribution in [1.29, 1.82) is 0 Å². The first-order valence-electron chi connectivity index (χ1n) is 8.94. The van der Waals surface area contributed by atoms with Gasteiger partial charge in [0, 0.05) is 0 Å². The first-order chi connectivity index (χ1) is 12.1. The van der Waals surface area contributed by atoms with E-state index in [1.54, 1.807) is 0 Å². The van der Waals surface area contributed by atoms with Crippen LogP contribution in [0.15, 0.2) is 52.0 Å². The average molecular weight is 349 g/mol. The monoisotopic (exact) mass is 349 g/mol. The van der Waals surface area contributed by atoms with Crippen LogP contribution in [-0.2, 0) is 10.8 Å². The first kappa shape index (κ1) is 18.2. The summed E-state index contributed by atoms with van der Waals surface area (Å²) in [5, 5.41) is 4.37. The molecule has 4 heteroatoms. The predicted molar refractivity (Wildman–Crippen MR) is 109 cm³/mol. The fraction of sp³-hybridized carbons (Fsp3) is 0.364. The maximum Gasteiger partial charge on any atom is 0.316 e. The summed E-state index contributed by atoms with van der Waals surface area (Å²) < 4.78 is 5.65. The molecule has 0 unspecified atom stereocenters. The molecule has 26 heavy (non-hydrogen) atoms. The summed E-state index contributed by atoms with van der Waals surface area (Å²) in [6.07, 6.45) is 1.85. The van der Waals surface area contributed by atoms with Gasteiger partial charge in [-0.15, -0.1) is 0 Å². The molecule has 4 nitrogen and oxygen atoms in total. The van der Waals surface area contributed by atoms with Gasteiger partial charge in [0.1, 0.15) is 5.52 Å². The second-order valence-corrected chi connectivity index (χ2v) is 8.66. The number of aromatic nitrogens is 1. The quantitative estimate of drug-likeness (QED) is 0.475. The van der Waals surface area contributed by atoms with Crippen LogP contribution in [0.25, 0.3) is 11.1 Å². The van der Waals surface area contributed by atoms with E-state index in [4.69, 9.17) is 4.42 Å². The molecule has 0 bridgehead atoms. The van der Waals surface area contributed by atoms with Crippen LogP contribution in [-0.4, -0.2) is 11.2 Å². The van der Waals surface area contributed by atoms with Crippen molar-refractivity contribution < 1.29 is 4.42 Å². The van der Waals surface area contributed by atoms with E-state index in [9.17, 15) is 0 Å². The molecule has 3 aromatic rings. The number of hydrogen-bond acceptors (Lipinski definition) is 4. The summed E-state index contributed by atoms with van der Waals surface area (Å²) in [7, 11) is 0. The zero-order chi connectivity index (χ0) is 18.9. The minimum atomic E-state index is 0.0371. The Morgan fingerprint density at radius 3 is 2.35 bits per heavy atom. The Kier molecular flexibility index (Phi) is 4.61. The third-order valence-electron chi connectivity index (χ3n) is 4.38. The van der Waals surface area contributed by atoms with Crippen molar-refractivity contribution in [3.63, 3.8) is 0 Å². The second-order valence-electron chi connectivity index (χ2n) is 8.66. The van der Waals surface area contributed by atoms with Crippen LogP contribution in [0.1, 0.15) is 58.2 Å². The molecule has 136 valence electrons. The van der Waals surface area contributed by atoms with Crippen molar-refractivity contribution in [3.8, 4) is 0 Å². The number of para-hydroxylation sites is 2. The molecule has 0 saturated heterocycles. The molecule has 0 saturated carbocycles. The zero-order valence-corrected chi connectivity index (χ0v) is 16.4. The number of oxazole rings is 1. The normalized spacial score (nSPS) is 12.8. The summed E-state index contributed by atoms with van der Waals surface area (Å²) in [5.74, 6) is 0. The molecule has 0 spiro atoms. The van der Waals surface area contributed by atoms with Gasteiger partial charge in [0.15, 0.2) is 5.58 Å². The summed E-state index contributed by atoms with van der Waals surface area (Å²) in [4.78, 5) is 4.38. The fourth-order valence-corrected chi connectivity index (χ4v) is 2.90. The fourth-order valence-electron chi connectivity index (χ4n) is 2.90. The van der Waals surface area contributed by atoms with Gasteiger partial charge in [0.25, 0.3) is 0 Å². The van der Waals surface area contributed by atoms with Gasteiger partial charge in [-0.05, 0) is 45.7 Å². The lowest BCUT2D eigenvalue weighted by atomic mass is 9.79. The molecule has 0 aliphatic carbocycles. The molecule has 2 aromatic carbocycles. The number of rotatable bonds is 3. The van der Waals surface area contributed by atoms with Gasteiger partial charge in [-0.2, -0.15) is 10.1 Å². The highest BCUT2D eigenvalue weighted by Gasteiger charge is 2.20. The molecule has 0 radical (unpaired) electrons. The topological polar surface area (TPSA) is 50.4 Å². The lowest BCUT2D eigenvalue weighted by Crippen LogP contribution is -2.17. The van der Waals surface area contributed by atoms with E-state index in [-0.39, 0.29) is 10.8 Å². The Hall–Kier alpha value is -2.62. The van der Waals surface area contributed by atoms with E-state index in [0.29, 0.717) is 6.01 Å². The number of hydrogen-bond donors (Lipinski definition) is 1. The Morgan fingerprint density at radius 2 is 1.69 bits per heavy atom. The van der Waals surface area contributed by atoms with Crippen LogP contribution in [0.4, 0.5) is 6.01 Å². The summed E-state index contributed by atoms with van der Waals surface area (Å²) in [6.45, 7) is 13.3. The van der Waals surface area contributed by atoms with Crippen LogP contribution in [0.3, 0.4) is 0 Å². The van der Waals surface area contributed by atoms with Crippen LogP contribution in [0.5, 0.6) is 0 Å². The average Bonchev–Trinajstić information content (AvgIpc) is 2.95. The third kappa shape index (κ3) is 3.96. The highest BCUT2D eigenvalue weighted by molar-refractivity contribution is 5.83. The standard InChI is InChI=1S/C22H27N3O/c1-21(2,3)16-11-12-17(22(4,5)6)15(13-16)14-23-25-20-24-18-9-7-8-10-19(18)26-20/h7-14H,1-6H3,(H,24,25)/b23-14+. The molecular weight excluding hydrogens is 322 g/mol. The van der Waals surface area contributed by atoms with Crippen molar-refractivity contribution in [2.24, 2.45) is 5.10 Å². The smallest absolute Gasteiger partial charge is 0.316 e. The first-order valence-corrected chi connectivity index (χ1v) is 8.94. The van der Waals surface area contributed by atoms with Crippen LogP contribution in [0.2, 0.25) is 0 Å². The molecule has 0 atom stereocenters. The third-order valence-corrected chi connectivity index (χ3v) is 4.38. The van der Waals surface area contributed by atoms with Crippen molar-refractivity contribution in [3.05, 3.63) is 59.2 Å². The lowest BCUT2D eigenvalue weighted by Gasteiger charge is -2.25. The lowest BCUT2D eigenvalue weighted by molar-refractivity contribution is 0.576. The van der Waals surface area contributed by atoms with E-state index < -0.39 is 0 Å². The minimum Gasteiger partial charge on any atom is -0.422 e. The van der Waals surface area contributed by atoms with Crippen molar-refractivity contribution in [2.75, 3.05) is 5.43 Å². The summed E-state index contributed by atoms with van der Waals surface area (Å²) in [5.41, 5.74) is 8.25. The molecule has 0 amide bonds. The Labute approximate surface area is 155 Å². The Morgan fingerprint density at radius 1 is 0.962 bits per heavy atom. The SMILES string of the molecule is CC(C)(C)c1ccc(C(C)(C)C)c(/C=N/Nc2nc3ccccc3o2)c1. The number of nitrogens with one attached hydrogen (secondary N) is 1. The van der Waals surface area contributed by atoms with Crippen LogP contribution >= 0.6 is 0 Å². The number of anilines is 1. The van der Waals surface area contributed by atoms with Gasteiger partial charge in [-0.1, -0.05) is 65.8 Å². The van der Waals surface area contributed by atoms with Gasteiger partial charge in [-0.3, -0.25) is 0 Å². The van der Waals surface area contributed by atoms with E-state index in [2.05, 4.69) is 75.3 Å². The molecule has 1 heterocycles. The largest absolute Gasteiger partial charge is 0.422 e. The number of nitrogens with zero attached hydrogens (tertiary/aromatic N) is 2. The van der Waals surface area contributed by atoms with Gasteiger partial charge >= 0.3 is 6.01 Å². The maximum absolute atomic E-state index is 5.65. The molecule has 1 aromatic heterocycles. The Bertz CT molecular complexity index is 907. The number of fused-ring (bicyclic) bond motifs is 1. The molecule has 0 aliphatic rings. The highest BCUT2D eigenvalue weighted by atomic mass is 16.4. The van der Waals surface area contributed by atoms with Gasteiger partial charge < -0.3 is 4.42 Å². The number of hydrazone groups is 1. The van der Waals surface area contributed by atoms with Crippen molar-refractivity contribution >= 4 is 23.3 Å². The van der Waals surface area contributed by atoms with E-state index >= 15 is 0 Å². The zero-order valence-electron chi connectivity index (χ0n) is 16.4. The second kappa shape index (κ2) is 6.60. The summed E-state index contributed by atoms with van der Waals surface area (Å²) >= 11 is 0. The molecular formula is C22H27N3O. The van der Waals surface area contributed by atoms with Gasteiger partial charge in [0.05, 0.1) is 6.21 Å². The van der Waals surface area contributed by atoms with Gasteiger partial charge in [-0.25, -0.2) is 5.43 Å². The van der Waals surface area contributed by atoms with Gasteiger partial charge in [0.2, 0.25) is 0 Å². The molecule has 3 rings (SSSR count). The van der Waals surface area contributed by atoms with Crippen LogP contribution < -0.4 is 5.43 Å². The van der Waals surface area contributed by atoms with E-state index in [0.717, 1.165) is 16.7 Å². The molecule has 1 N–H and O–H groups in total. The van der Waals surface area contributed by atoms with Crippen molar-refractivity contribution in [2.45, 2.75) is 52.4 Å². The molecule has 0 aliphatic heterocycles. The van der Waals surface area contributed by atoms with E-state index in [1.807, 2.05) is 30.5 Å². The predicted octanol–water partition coefficient (Wildman–Crippen LogP) is 5.87. The maximum atomic E-state index is 5.65. The summed E-state index contributed by atoms with van der Waals surface area (Å²) in [6, 6.07) is 14.7.